The average molecular weight is 251 g/mol. The number of hydrogen-bond donors (Lipinski definition) is 0. The third-order valence-electron chi connectivity index (χ3n) is 2.53. The molecule has 0 spiro atoms. The lowest BCUT2D eigenvalue weighted by molar-refractivity contribution is -0.384. The van der Waals surface area contributed by atoms with E-state index in [0.29, 0.717) is 6.54 Å². The van der Waals surface area contributed by atoms with Crippen LogP contribution in [0, 0.1) is 27.3 Å². The fourth-order valence-corrected chi connectivity index (χ4v) is 1.71. The van der Waals surface area contributed by atoms with Crippen molar-refractivity contribution in [2.75, 3.05) is 11.4 Å². The highest BCUT2D eigenvalue weighted by Crippen LogP contribution is 2.30. The fraction of sp³-hybridized carbons (Fsp3) is 0.417. The zero-order valence-corrected chi connectivity index (χ0v) is 10.3. The first kappa shape index (κ1) is 13.9. The van der Waals surface area contributed by atoms with Crippen molar-refractivity contribution in [1.82, 2.24) is 0 Å². The summed E-state index contributed by atoms with van der Waals surface area (Å²) in [5.74, 6) is -0.529. The molecule has 0 amide bonds. The van der Waals surface area contributed by atoms with E-state index in [1.165, 1.54) is 0 Å². The highest BCUT2D eigenvalue weighted by atomic mass is 19.1. The van der Waals surface area contributed by atoms with Gasteiger partial charge in [0.15, 0.2) is 0 Å². The molecule has 6 heteroatoms. The number of nitrogens with zero attached hydrogens (tertiary/aromatic N) is 3. The molecule has 0 radical (unpaired) electrons. The summed E-state index contributed by atoms with van der Waals surface area (Å²) in [5, 5.41) is 19.5. The summed E-state index contributed by atoms with van der Waals surface area (Å²) in [6.07, 6.45) is 0.228. The molecule has 1 aromatic carbocycles. The molecule has 0 bridgehead atoms. The Morgan fingerprint density at radius 1 is 1.56 bits per heavy atom. The van der Waals surface area contributed by atoms with Gasteiger partial charge in [-0.1, -0.05) is 0 Å². The van der Waals surface area contributed by atoms with Gasteiger partial charge in [-0.25, -0.2) is 4.39 Å². The predicted molar refractivity (Wildman–Crippen MR) is 65.8 cm³/mol. The predicted octanol–water partition coefficient (Wildman–Crippen LogP) is 2.86. The number of nitriles is 1. The normalized spacial score (nSPS) is 10.2. The van der Waals surface area contributed by atoms with Crippen LogP contribution in [0.25, 0.3) is 0 Å². The average Bonchev–Trinajstić information content (AvgIpc) is 2.28. The van der Waals surface area contributed by atoms with Crippen molar-refractivity contribution in [3.63, 3.8) is 0 Å². The summed E-state index contributed by atoms with van der Waals surface area (Å²) in [7, 11) is 0. The molecule has 0 atom stereocenters. The Bertz CT molecular complexity index is 483. The number of halogens is 1. The van der Waals surface area contributed by atoms with E-state index in [1.54, 1.807) is 4.90 Å². The second kappa shape index (κ2) is 5.96. The maximum atomic E-state index is 13.2. The number of rotatable bonds is 5. The van der Waals surface area contributed by atoms with E-state index < -0.39 is 10.7 Å². The lowest BCUT2D eigenvalue weighted by Gasteiger charge is -2.27. The highest BCUT2D eigenvalue weighted by Gasteiger charge is 2.21. The largest absolute Gasteiger partial charge is 0.362 e. The van der Waals surface area contributed by atoms with Crippen molar-refractivity contribution in [3.8, 4) is 6.07 Å². The third-order valence-corrected chi connectivity index (χ3v) is 2.53. The van der Waals surface area contributed by atoms with Crippen LogP contribution in [0.3, 0.4) is 0 Å². The van der Waals surface area contributed by atoms with Crippen LogP contribution in [0.1, 0.15) is 20.3 Å². The van der Waals surface area contributed by atoms with Gasteiger partial charge in [0.05, 0.1) is 17.4 Å². The molecule has 96 valence electrons. The van der Waals surface area contributed by atoms with Crippen molar-refractivity contribution in [1.29, 1.82) is 5.26 Å². The van der Waals surface area contributed by atoms with E-state index in [1.807, 2.05) is 19.9 Å². The smallest absolute Gasteiger partial charge is 0.292 e. The Kier molecular flexibility index (Phi) is 4.60. The van der Waals surface area contributed by atoms with Gasteiger partial charge in [-0.3, -0.25) is 10.1 Å². The van der Waals surface area contributed by atoms with Crippen LogP contribution in [0.5, 0.6) is 0 Å². The minimum atomic E-state index is -0.545. The van der Waals surface area contributed by atoms with E-state index >= 15 is 0 Å². The molecule has 0 aliphatic heterocycles. The summed E-state index contributed by atoms with van der Waals surface area (Å²) < 4.78 is 13.2. The van der Waals surface area contributed by atoms with E-state index in [2.05, 4.69) is 0 Å². The lowest BCUT2D eigenvalue weighted by atomic mass is 10.2. The molecule has 0 heterocycles. The van der Waals surface area contributed by atoms with Gasteiger partial charge in [-0.2, -0.15) is 5.26 Å². The van der Waals surface area contributed by atoms with Crippen LogP contribution in [0.15, 0.2) is 18.2 Å². The van der Waals surface area contributed by atoms with Crippen LogP contribution >= 0.6 is 0 Å². The first-order valence-electron chi connectivity index (χ1n) is 5.55. The van der Waals surface area contributed by atoms with E-state index in [0.717, 1.165) is 18.2 Å². The fourth-order valence-electron chi connectivity index (χ4n) is 1.71. The molecule has 5 nitrogen and oxygen atoms in total. The van der Waals surface area contributed by atoms with Gasteiger partial charge in [0.2, 0.25) is 0 Å². The van der Waals surface area contributed by atoms with Gasteiger partial charge in [-0.05, 0) is 19.9 Å². The van der Waals surface area contributed by atoms with E-state index in [9.17, 15) is 14.5 Å². The van der Waals surface area contributed by atoms with Crippen LogP contribution in [-0.2, 0) is 0 Å². The second-order valence-electron chi connectivity index (χ2n) is 4.09. The Labute approximate surface area is 105 Å². The molecular formula is C12H14FN3O2. The molecule has 0 aromatic heterocycles. The summed E-state index contributed by atoms with van der Waals surface area (Å²) in [6, 6.07) is 5.26. The van der Waals surface area contributed by atoms with Crippen LogP contribution < -0.4 is 4.90 Å². The van der Waals surface area contributed by atoms with Gasteiger partial charge in [-0.15, -0.1) is 0 Å². The van der Waals surface area contributed by atoms with Crippen molar-refractivity contribution in [2.24, 2.45) is 0 Å². The topological polar surface area (TPSA) is 70.2 Å². The minimum Gasteiger partial charge on any atom is -0.362 e. The van der Waals surface area contributed by atoms with Crippen molar-refractivity contribution in [2.45, 2.75) is 26.3 Å². The van der Waals surface area contributed by atoms with Crippen LogP contribution in [0.4, 0.5) is 15.8 Å². The third kappa shape index (κ3) is 3.17. The molecule has 0 saturated carbocycles. The molecule has 0 aliphatic rings. The number of benzene rings is 1. The Morgan fingerprint density at radius 2 is 2.22 bits per heavy atom. The van der Waals surface area contributed by atoms with Crippen molar-refractivity contribution >= 4 is 11.4 Å². The molecule has 0 unspecified atom stereocenters. The molecule has 0 aliphatic carbocycles. The van der Waals surface area contributed by atoms with Crippen LogP contribution in [-0.4, -0.2) is 17.5 Å². The van der Waals surface area contributed by atoms with Crippen molar-refractivity contribution in [3.05, 3.63) is 34.1 Å². The number of nitro groups is 1. The van der Waals surface area contributed by atoms with Crippen molar-refractivity contribution < 1.29 is 9.31 Å². The highest BCUT2D eigenvalue weighted by molar-refractivity contribution is 5.63. The Balaban J connectivity index is 3.21. The van der Waals surface area contributed by atoms with E-state index in [4.69, 9.17) is 5.26 Å². The molecule has 18 heavy (non-hydrogen) atoms. The Hall–Kier alpha value is -2.16. The molecular weight excluding hydrogens is 237 g/mol. The number of nitro benzene ring substituents is 1. The molecule has 0 saturated heterocycles. The minimum absolute atomic E-state index is 0.0566. The number of hydrogen-bond acceptors (Lipinski definition) is 4. The first-order valence-corrected chi connectivity index (χ1v) is 5.55. The first-order chi connectivity index (χ1) is 8.47. The second-order valence-corrected chi connectivity index (χ2v) is 4.09. The monoisotopic (exact) mass is 251 g/mol. The summed E-state index contributed by atoms with van der Waals surface area (Å²) in [6.45, 7) is 4.01. The van der Waals surface area contributed by atoms with Gasteiger partial charge >= 0.3 is 0 Å². The molecule has 0 N–H and O–H groups in total. The Morgan fingerprint density at radius 3 is 2.72 bits per heavy atom. The SMILES string of the molecule is CC(C)N(CCC#N)c1cc(F)ccc1[N+](=O)[O-]. The summed E-state index contributed by atoms with van der Waals surface area (Å²) in [4.78, 5) is 12.0. The van der Waals surface area contributed by atoms with Gasteiger partial charge < -0.3 is 4.90 Å². The maximum absolute atomic E-state index is 13.2. The quantitative estimate of drug-likeness (QED) is 0.596. The molecule has 1 aromatic rings. The van der Waals surface area contributed by atoms with Gasteiger partial charge in [0.1, 0.15) is 11.5 Å². The lowest BCUT2D eigenvalue weighted by Crippen LogP contribution is -2.32. The van der Waals surface area contributed by atoms with Crippen LogP contribution in [0.2, 0.25) is 0 Å². The summed E-state index contributed by atoms with van der Waals surface area (Å²) in [5.41, 5.74) is 0.0632. The number of anilines is 1. The van der Waals surface area contributed by atoms with E-state index in [-0.39, 0.29) is 23.8 Å². The standard InChI is InChI=1S/C12H14FN3O2/c1-9(2)15(7-3-6-14)12-8-10(13)4-5-11(12)16(17)18/h4-5,8-9H,3,7H2,1-2H3. The van der Waals surface area contributed by atoms with Gasteiger partial charge in [0.25, 0.3) is 5.69 Å². The summed E-state index contributed by atoms with van der Waals surface area (Å²) >= 11 is 0. The molecule has 1 rings (SSSR count). The molecule has 0 fully saturated rings. The maximum Gasteiger partial charge on any atom is 0.292 e. The zero-order valence-electron chi connectivity index (χ0n) is 10.3. The van der Waals surface area contributed by atoms with Gasteiger partial charge in [0, 0.05) is 24.7 Å². The zero-order chi connectivity index (χ0) is 13.7.